The highest BCUT2D eigenvalue weighted by Crippen LogP contribution is 2.14. The maximum absolute atomic E-state index is 10.4. The first kappa shape index (κ1) is 10.4. The summed E-state index contributed by atoms with van der Waals surface area (Å²) < 4.78 is 0. The van der Waals surface area contributed by atoms with Gasteiger partial charge in [-0.05, 0) is 18.4 Å². The fourth-order valence-electron chi connectivity index (χ4n) is 1.22. The van der Waals surface area contributed by atoms with E-state index in [-0.39, 0.29) is 5.69 Å². The summed E-state index contributed by atoms with van der Waals surface area (Å²) in [7, 11) is 0. The van der Waals surface area contributed by atoms with Gasteiger partial charge in [0, 0.05) is 18.6 Å². The molecular formula is C10H11NO3. The first-order valence-corrected chi connectivity index (χ1v) is 4.41. The van der Waals surface area contributed by atoms with Crippen molar-refractivity contribution in [2.45, 2.75) is 19.3 Å². The fraction of sp³-hybridized carbons (Fsp3) is 0.300. The molecule has 0 aliphatic carbocycles. The number of nitro groups is 1. The van der Waals surface area contributed by atoms with E-state index in [1.807, 2.05) is 6.07 Å². The summed E-state index contributed by atoms with van der Waals surface area (Å²) in [5.41, 5.74) is 1.01. The van der Waals surface area contributed by atoms with Crippen molar-refractivity contribution in [3.63, 3.8) is 0 Å². The Kier molecular flexibility index (Phi) is 3.79. The Labute approximate surface area is 81.7 Å². The number of carbonyl (C=O) groups is 1. The van der Waals surface area contributed by atoms with E-state index in [9.17, 15) is 14.9 Å². The normalized spacial score (nSPS) is 9.71. The van der Waals surface area contributed by atoms with Crippen LogP contribution in [-0.2, 0) is 11.2 Å². The molecule has 0 aliphatic heterocycles. The molecule has 4 heteroatoms. The molecule has 0 heterocycles. The summed E-state index contributed by atoms with van der Waals surface area (Å²) in [6, 6.07) is 6.50. The Morgan fingerprint density at radius 2 is 2.21 bits per heavy atom. The first-order valence-electron chi connectivity index (χ1n) is 4.41. The van der Waals surface area contributed by atoms with Gasteiger partial charge in [-0.2, -0.15) is 0 Å². The monoisotopic (exact) mass is 193 g/mol. The molecule has 1 rings (SSSR count). The number of hydrogen-bond donors (Lipinski definition) is 0. The molecule has 0 saturated heterocycles. The van der Waals surface area contributed by atoms with Crippen molar-refractivity contribution in [2.75, 3.05) is 0 Å². The summed E-state index contributed by atoms with van der Waals surface area (Å²) in [6.07, 6.45) is 2.81. The van der Waals surface area contributed by atoms with Gasteiger partial charge in [0.2, 0.25) is 0 Å². The summed E-state index contributed by atoms with van der Waals surface area (Å²) in [4.78, 5) is 20.1. The number of benzene rings is 1. The Balaban J connectivity index is 2.63. The second kappa shape index (κ2) is 5.11. The van der Waals surface area contributed by atoms with E-state index >= 15 is 0 Å². The number of non-ortho nitro benzene ring substituents is 1. The molecule has 0 aliphatic rings. The second-order valence-electron chi connectivity index (χ2n) is 2.99. The minimum atomic E-state index is -0.413. The second-order valence-corrected chi connectivity index (χ2v) is 2.99. The van der Waals surface area contributed by atoms with Crippen LogP contribution < -0.4 is 0 Å². The van der Waals surface area contributed by atoms with Gasteiger partial charge in [0.05, 0.1) is 4.92 Å². The van der Waals surface area contributed by atoms with Gasteiger partial charge in [0.25, 0.3) is 5.69 Å². The van der Waals surface area contributed by atoms with E-state index in [1.54, 1.807) is 12.1 Å². The molecule has 0 atom stereocenters. The van der Waals surface area contributed by atoms with Gasteiger partial charge < -0.3 is 4.79 Å². The van der Waals surface area contributed by atoms with Crippen LogP contribution in [-0.4, -0.2) is 11.2 Å². The van der Waals surface area contributed by atoms with Gasteiger partial charge in [-0.15, -0.1) is 0 Å². The molecule has 1 aromatic carbocycles. The Hall–Kier alpha value is -1.71. The summed E-state index contributed by atoms with van der Waals surface area (Å²) in [6.45, 7) is 0. The standard InChI is InChI=1S/C10H11NO3/c12-7-2-1-4-9-5-3-6-10(8-9)11(13)14/h3,5-8H,1-2,4H2. The summed E-state index contributed by atoms with van der Waals surface area (Å²) in [5.74, 6) is 0. The van der Waals surface area contributed by atoms with E-state index < -0.39 is 4.92 Å². The van der Waals surface area contributed by atoms with Crippen molar-refractivity contribution in [3.05, 3.63) is 39.9 Å². The van der Waals surface area contributed by atoms with E-state index in [0.717, 1.165) is 18.3 Å². The van der Waals surface area contributed by atoms with Gasteiger partial charge in [-0.1, -0.05) is 12.1 Å². The van der Waals surface area contributed by atoms with E-state index in [2.05, 4.69) is 0 Å². The van der Waals surface area contributed by atoms with Gasteiger partial charge >= 0.3 is 0 Å². The number of rotatable bonds is 5. The number of carbonyl (C=O) groups excluding carboxylic acids is 1. The predicted octanol–water partition coefficient (Wildman–Crippen LogP) is 2.12. The van der Waals surface area contributed by atoms with Crippen molar-refractivity contribution in [2.24, 2.45) is 0 Å². The zero-order valence-corrected chi connectivity index (χ0v) is 7.68. The SMILES string of the molecule is O=CCCCc1cccc([N+](=O)[O-])c1. The quantitative estimate of drug-likeness (QED) is 0.311. The molecule has 4 nitrogen and oxygen atoms in total. The Morgan fingerprint density at radius 1 is 1.43 bits per heavy atom. The van der Waals surface area contributed by atoms with Crippen molar-refractivity contribution in [3.8, 4) is 0 Å². The molecular weight excluding hydrogens is 182 g/mol. The van der Waals surface area contributed by atoms with Crippen molar-refractivity contribution >= 4 is 12.0 Å². The van der Waals surface area contributed by atoms with Crippen LogP contribution in [0.5, 0.6) is 0 Å². The van der Waals surface area contributed by atoms with Crippen LogP contribution in [0.2, 0.25) is 0 Å². The minimum Gasteiger partial charge on any atom is -0.303 e. The van der Waals surface area contributed by atoms with Gasteiger partial charge in [0.1, 0.15) is 6.29 Å². The van der Waals surface area contributed by atoms with E-state index in [4.69, 9.17) is 0 Å². The lowest BCUT2D eigenvalue weighted by Gasteiger charge is -1.98. The fourth-order valence-corrected chi connectivity index (χ4v) is 1.22. The third kappa shape index (κ3) is 2.97. The number of hydrogen-bond acceptors (Lipinski definition) is 3. The molecule has 0 unspecified atom stereocenters. The van der Waals surface area contributed by atoms with Crippen LogP contribution in [0.1, 0.15) is 18.4 Å². The van der Waals surface area contributed by atoms with Crippen LogP contribution in [0.3, 0.4) is 0 Å². The third-order valence-corrected chi connectivity index (χ3v) is 1.91. The van der Waals surface area contributed by atoms with Gasteiger partial charge in [-0.3, -0.25) is 10.1 Å². The lowest BCUT2D eigenvalue weighted by atomic mass is 10.1. The molecule has 0 saturated carbocycles. The predicted molar refractivity (Wildman–Crippen MR) is 52.1 cm³/mol. The maximum Gasteiger partial charge on any atom is 0.269 e. The smallest absolute Gasteiger partial charge is 0.269 e. The number of unbranched alkanes of at least 4 members (excludes halogenated alkanes) is 1. The van der Waals surface area contributed by atoms with E-state index in [1.165, 1.54) is 6.07 Å². The largest absolute Gasteiger partial charge is 0.303 e. The highest BCUT2D eigenvalue weighted by atomic mass is 16.6. The van der Waals surface area contributed by atoms with Gasteiger partial charge in [0.15, 0.2) is 0 Å². The van der Waals surface area contributed by atoms with Crippen molar-refractivity contribution < 1.29 is 9.72 Å². The van der Waals surface area contributed by atoms with Crippen LogP contribution in [0.15, 0.2) is 24.3 Å². The number of nitro benzene ring substituents is 1. The van der Waals surface area contributed by atoms with Gasteiger partial charge in [-0.25, -0.2) is 0 Å². The van der Waals surface area contributed by atoms with Crippen LogP contribution >= 0.6 is 0 Å². The Morgan fingerprint density at radius 3 is 2.86 bits per heavy atom. The zero-order valence-electron chi connectivity index (χ0n) is 7.68. The summed E-state index contributed by atoms with van der Waals surface area (Å²) >= 11 is 0. The van der Waals surface area contributed by atoms with Crippen molar-refractivity contribution in [1.82, 2.24) is 0 Å². The Bertz CT molecular complexity index is 336. The van der Waals surface area contributed by atoms with Crippen LogP contribution in [0.4, 0.5) is 5.69 Å². The molecule has 0 amide bonds. The van der Waals surface area contributed by atoms with E-state index in [0.29, 0.717) is 12.8 Å². The average molecular weight is 193 g/mol. The third-order valence-electron chi connectivity index (χ3n) is 1.91. The highest BCUT2D eigenvalue weighted by Gasteiger charge is 2.04. The number of nitrogens with zero attached hydrogens (tertiary/aromatic N) is 1. The highest BCUT2D eigenvalue weighted by molar-refractivity contribution is 5.49. The first-order chi connectivity index (χ1) is 6.74. The molecule has 0 radical (unpaired) electrons. The van der Waals surface area contributed by atoms with Crippen molar-refractivity contribution in [1.29, 1.82) is 0 Å². The molecule has 0 spiro atoms. The number of aldehydes is 1. The maximum atomic E-state index is 10.4. The van der Waals surface area contributed by atoms with Crippen LogP contribution in [0, 0.1) is 10.1 Å². The topological polar surface area (TPSA) is 60.2 Å². The molecule has 74 valence electrons. The number of aryl methyl sites for hydroxylation is 1. The molecule has 0 aromatic heterocycles. The lowest BCUT2D eigenvalue weighted by Crippen LogP contribution is -1.91. The van der Waals surface area contributed by atoms with Crippen LogP contribution in [0.25, 0.3) is 0 Å². The molecule has 0 bridgehead atoms. The minimum absolute atomic E-state index is 0.105. The summed E-state index contributed by atoms with van der Waals surface area (Å²) in [5, 5.41) is 10.4. The molecule has 0 fully saturated rings. The molecule has 14 heavy (non-hydrogen) atoms. The average Bonchev–Trinajstić information content (AvgIpc) is 2.19. The lowest BCUT2D eigenvalue weighted by molar-refractivity contribution is -0.384. The molecule has 0 N–H and O–H groups in total. The zero-order chi connectivity index (χ0) is 10.4. The molecule has 1 aromatic rings.